The fourth-order valence-electron chi connectivity index (χ4n) is 2.71. The highest BCUT2D eigenvalue weighted by Crippen LogP contribution is 2.23. The van der Waals surface area contributed by atoms with Gasteiger partial charge in [-0.05, 0) is 30.9 Å². The van der Waals surface area contributed by atoms with Crippen LogP contribution >= 0.6 is 11.8 Å². The van der Waals surface area contributed by atoms with Gasteiger partial charge in [0.1, 0.15) is 11.6 Å². The van der Waals surface area contributed by atoms with Gasteiger partial charge in [-0.3, -0.25) is 4.79 Å². The summed E-state index contributed by atoms with van der Waals surface area (Å²) < 4.78 is 6.95. The Kier molecular flexibility index (Phi) is 6.70. The maximum Gasteiger partial charge on any atom is 0.251 e. The van der Waals surface area contributed by atoms with Gasteiger partial charge in [-0.2, -0.15) is 5.10 Å². The van der Waals surface area contributed by atoms with Gasteiger partial charge < -0.3 is 15.4 Å². The number of nitrogens with zero attached hydrogens (tertiary/aromatic N) is 4. The number of benzene rings is 1. The van der Waals surface area contributed by atoms with Crippen LogP contribution in [-0.4, -0.2) is 52.1 Å². The molecule has 0 bridgehead atoms. The van der Waals surface area contributed by atoms with Crippen molar-refractivity contribution < 1.29 is 9.53 Å². The molecule has 0 radical (unpaired) electrons. The lowest BCUT2D eigenvalue weighted by Gasteiger charge is -2.09. The first-order chi connectivity index (χ1) is 13.7. The monoisotopic (exact) mass is 400 g/mol. The Morgan fingerprint density at radius 3 is 2.89 bits per heavy atom. The molecule has 1 aromatic carbocycles. The Bertz CT molecular complexity index is 959. The number of methoxy groups -OCH3 is 1. The fraction of sp³-hybridized carbons (Fsp3) is 0.368. The summed E-state index contributed by atoms with van der Waals surface area (Å²) in [4.78, 5) is 21.5. The smallest absolute Gasteiger partial charge is 0.251 e. The molecule has 9 heteroatoms. The van der Waals surface area contributed by atoms with E-state index in [1.54, 1.807) is 42.3 Å². The van der Waals surface area contributed by atoms with Gasteiger partial charge >= 0.3 is 0 Å². The zero-order valence-corrected chi connectivity index (χ0v) is 17.0. The number of anilines is 1. The van der Waals surface area contributed by atoms with Crippen LogP contribution in [0.4, 0.5) is 5.82 Å². The van der Waals surface area contributed by atoms with Crippen LogP contribution < -0.4 is 15.4 Å². The number of amides is 1. The van der Waals surface area contributed by atoms with Crippen LogP contribution in [-0.2, 0) is 6.54 Å². The number of fused-ring (bicyclic) bond motifs is 1. The van der Waals surface area contributed by atoms with Crippen molar-refractivity contribution in [1.82, 2.24) is 25.1 Å². The Morgan fingerprint density at radius 2 is 2.14 bits per heavy atom. The van der Waals surface area contributed by atoms with Crippen molar-refractivity contribution in [2.45, 2.75) is 25.0 Å². The second-order valence-electron chi connectivity index (χ2n) is 6.08. The van der Waals surface area contributed by atoms with Crippen LogP contribution in [0.1, 0.15) is 23.7 Å². The lowest BCUT2D eigenvalue weighted by Crippen LogP contribution is -2.27. The second-order valence-corrected chi connectivity index (χ2v) is 6.85. The molecule has 0 saturated heterocycles. The third-order valence-corrected chi connectivity index (χ3v) is 4.69. The number of carbonyl (C=O) groups is 1. The molecule has 0 aliphatic heterocycles. The van der Waals surface area contributed by atoms with E-state index >= 15 is 0 Å². The van der Waals surface area contributed by atoms with Gasteiger partial charge in [-0.25, -0.2) is 14.6 Å². The molecule has 0 aliphatic rings. The average Bonchev–Trinajstić information content (AvgIpc) is 3.14. The molecule has 0 atom stereocenters. The molecule has 3 rings (SSSR count). The summed E-state index contributed by atoms with van der Waals surface area (Å²) in [6.07, 6.45) is 4.71. The van der Waals surface area contributed by atoms with Crippen LogP contribution in [0.15, 0.2) is 35.6 Å². The molecule has 2 N–H and O–H groups in total. The molecule has 1 amide bonds. The molecule has 0 saturated carbocycles. The first-order valence-electron chi connectivity index (χ1n) is 9.10. The van der Waals surface area contributed by atoms with Crippen LogP contribution in [0.3, 0.4) is 0 Å². The van der Waals surface area contributed by atoms with Crippen LogP contribution in [0.5, 0.6) is 5.75 Å². The maximum atomic E-state index is 12.3. The number of thioether (sulfide) groups is 1. The molecule has 0 unspecified atom stereocenters. The minimum absolute atomic E-state index is 0.153. The summed E-state index contributed by atoms with van der Waals surface area (Å²) in [5.41, 5.74) is 1.32. The second kappa shape index (κ2) is 9.41. The predicted octanol–water partition coefficient (Wildman–Crippen LogP) is 2.81. The highest BCUT2D eigenvalue weighted by molar-refractivity contribution is 7.98. The first kappa shape index (κ1) is 19.9. The number of ether oxygens (including phenoxy) is 1. The molecule has 0 fully saturated rings. The van der Waals surface area contributed by atoms with Crippen LogP contribution in [0.2, 0.25) is 0 Å². The summed E-state index contributed by atoms with van der Waals surface area (Å²) >= 11 is 1.49. The van der Waals surface area contributed by atoms with Crippen molar-refractivity contribution in [3.63, 3.8) is 0 Å². The molecule has 0 aliphatic carbocycles. The molecule has 3 aromatic rings. The SMILES string of the molecule is CCCNc1nc(SC)nc2c1cnn2CCNC(=O)c1cccc(OC)c1. The van der Waals surface area contributed by atoms with Crippen molar-refractivity contribution in [2.75, 3.05) is 31.8 Å². The molecular weight excluding hydrogens is 376 g/mol. The molecule has 8 nitrogen and oxygen atoms in total. The van der Waals surface area contributed by atoms with Gasteiger partial charge in [-0.15, -0.1) is 0 Å². The molecule has 28 heavy (non-hydrogen) atoms. The minimum atomic E-state index is -0.153. The average molecular weight is 401 g/mol. The molecule has 148 valence electrons. The van der Waals surface area contributed by atoms with E-state index in [1.807, 2.05) is 6.26 Å². The first-order valence-corrected chi connectivity index (χ1v) is 10.3. The highest BCUT2D eigenvalue weighted by Gasteiger charge is 2.13. The van der Waals surface area contributed by atoms with E-state index in [4.69, 9.17) is 4.74 Å². The van der Waals surface area contributed by atoms with E-state index in [9.17, 15) is 4.79 Å². The standard InChI is InChI=1S/C19H24N6O2S/c1-4-8-20-16-15-12-22-25(17(15)24-19(23-16)28-3)10-9-21-18(26)13-6-5-7-14(11-13)27-2/h5-7,11-12H,4,8-10H2,1-3H3,(H,21,26)(H,20,23,24). The number of nitrogens with one attached hydrogen (secondary N) is 2. The lowest BCUT2D eigenvalue weighted by molar-refractivity contribution is 0.0951. The van der Waals surface area contributed by atoms with Crippen molar-refractivity contribution in [3.8, 4) is 5.75 Å². The molecule has 2 heterocycles. The van der Waals surface area contributed by atoms with E-state index < -0.39 is 0 Å². The number of carbonyl (C=O) groups excluding carboxylic acids is 1. The van der Waals surface area contributed by atoms with Crippen molar-refractivity contribution in [1.29, 1.82) is 0 Å². The van der Waals surface area contributed by atoms with Gasteiger partial charge in [0.2, 0.25) is 0 Å². The third kappa shape index (κ3) is 4.53. The Hall–Kier alpha value is -2.81. The minimum Gasteiger partial charge on any atom is -0.497 e. The fourth-order valence-corrected chi connectivity index (χ4v) is 3.07. The molecule has 0 spiro atoms. The quantitative estimate of drug-likeness (QED) is 0.421. The molecular formula is C19H24N6O2S. The zero-order chi connectivity index (χ0) is 19.9. The van der Waals surface area contributed by atoms with Crippen molar-refractivity contribution >= 4 is 34.5 Å². The van der Waals surface area contributed by atoms with Crippen LogP contribution in [0, 0.1) is 0 Å². The number of aromatic nitrogens is 4. The topological polar surface area (TPSA) is 94.0 Å². The Balaban J connectivity index is 1.71. The summed E-state index contributed by atoms with van der Waals surface area (Å²) in [7, 11) is 1.58. The summed E-state index contributed by atoms with van der Waals surface area (Å²) in [6, 6.07) is 7.06. The number of hydrogen-bond acceptors (Lipinski definition) is 7. The van der Waals surface area contributed by atoms with E-state index in [1.165, 1.54) is 11.8 Å². The van der Waals surface area contributed by atoms with E-state index in [0.717, 1.165) is 29.8 Å². The van der Waals surface area contributed by atoms with E-state index in [-0.39, 0.29) is 5.91 Å². The summed E-state index contributed by atoms with van der Waals surface area (Å²) in [5, 5.41) is 12.2. The lowest BCUT2D eigenvalue weighted by atomic mass is 10.2. The van der Waals surface area contributed by atoms with Gasteiger partial charge in [0, 0.05) is 18.7 Å². The van der Waals surface area contributed by atoms with Gasteiger partial charge in [0.15, 0.2) is 10.8 Å². The van der Waals surface area contributed by atoms with Crippen molar-refractivity contribution in [2.24, 2.45) is 0 Å². The maximum absolute atomic E-state index is 12.3. The molecule has 2 aromatic heterocycles. The van der Waals surface area contributed by atoms with Gasteiger partial charge in [0.05, 0.1) is 25.2 Å². The number of hydrogen-bond donors (Lipinski definition) is 2. The van der Waals surface area contributed by atoms with Gasteiger partial charge in [0.25, 0.3) is 5.91 Å². The zero-order valence-electron chi connectivity index (χ0n) is 16.2. The van der Waals surface area contributed by atoms with Gasteiger partial charge in [-0.1, -0.05) is 24.8 Å². The summed E-state index contributed by atoms with van der Waals surface area (Å²) in [6.45, 7) is 3.89. The van der Waals surface area contributed by atoms with Crippen LogP contribution in [0.25, 0.3) is 11.0 Å². The number of rotatable bonds is 9. The third-order valence-electron chi connectivity index (χ3n) is 4.14. The highest BCUT2D eigenvalue weighted by atomic mass is 32.2. The predicted molar refractivity (Wildman–Crippen MR) is 111 cm³/mol. The summed E-state index contributed by atoms with van der Waals surface area (Å²) in [5.74, 6) is 1.29. The Morgan fingerprint density at radius 1 is 1.29 bits per heavy atom. The van der Waals surface area contributed by atoms with Crippen molar-refractivity contribution in [3.05, 3.63) is 36.0 Å². The van der Waals surface area contributed by atoms with E-state index in [2.05, 4.69) is 32.6 Å². The Labute approximate surface area is 168 Å². The van der Waals surface area contributed by atoms with E-state index in [0.29, 0.717) is 29.6 Å². The normalized spacial score (nSPS) is 10.8. The largest absolute Gasteiger partial charge is 0.497 e.